The van der Waals surface area contributed by atoms with E-state index >= 15 is 0 Å². The lowest BCUT2D eigenvalue weighted by Gasteiger charge is -2.21. The standard InChI is InChI=1S/C14H17ClFNO/c1-14(2,3)17-8-11(16)12-7-9-5-4-6-10(15)13(9)18-12/h4-7,11,17H,8H2,1-3H3. The summed E-state index contributed by atoms with van der Waals surface area (Å²) in [5.41, 5.74) is 0.432. The molecular formula is C14H17ClFNO. The van der Waals surface area contributed by atoms with Crippen molar-refractivity contribution in [1.82, 2.24) is 5.32 Å². The fourth-order valence-electron chi connectivity index (χ4n) is 1.70. The lowest BCUT2D eigenvalue weighted by molar-refractivity contribution is 0.258. The van der Waals surface area contributed by atoms with E-state index in [-0.39, 0.29) is 12.1 Å². The van der Waals surface area contributed by atoms with Crippen molar-refractivity contribution in [2.45, 2.75) is 32.5 Å². The molecule has 0 aliphatic rings. The highest BCUT2D eigenvalue weighted by molar-refractivity contribution is 6.34. The van der Waals surface area contributed by atoms with Crippen molar-refractivity contribution in [3.05, 3.63) is 35.0 Å². The third-order valence-corrected chi connectivity index (χ3v) is 2.93. The summed E-state index contributed by atoms with van der Waals surface area (Å²) in [6.07, 6.45) is -1.17. The Morgan fingerprint density at radius 2 is 2.11 bits per heavy atom. The second-order valence-electron chi connectivity index (χ2n) is 5.41. The van der Waals surface area contributed by atoms with Crippen LogP contribution in [0.1, 0.15) is 32.7 Å². The molecule has 4 heteroatoms. The number of fused-ring (bicyclic) bond motifs is 1. The molecule has 0 radical (unpaired) electrons. The van der Waals surface area contributed by atoms with Gasteiger partial charge in [-0.1, -0.05) is 23.7 Å². The van der Waals surface area contributed by atoms with Gasteiger partial charge in [0, 0.05) is 17.5 Å². The second kappa shape index (κ2) is 4.90. The maximum atomic E-state index is 14.0. The van der Waals surface area contributed by atoms with Gasteiger partial charge in [-0.2, -0.15) is 0 Å². The molecule has 1 N–H and O–H groups in total. The van der Waals surface area contributed by atoms with E-state index in [2.05, 4.69) is 5.32 Å². The van der Waals surface area contributed by atoms with Crippen LogP contribution in [0.3, 0.4) is 0 Å². The number of alkyl halides is 1. The lowest BCUT2D eigenvalue weighted by Crippen LogP contribution is -2.37. The van der Waals surface area contributed by atoms with Crippen LogP contribution in [-0.2, 0) is 0 Å². The molecule has 98 valence electrons. The van der Waals surface area contributed by atoms with Crippen LogP contribution in [0.4, 0.5) is 4.39 Å². The molecule has 1 aromatic carbocycles. The zero-order chi connectivity index (χ0) is 13.3. The predicted molar refractivity (Wildman–Crippen MR) is 72.8 cm³/mol. The van der Waals surface area contributed by atoms with E-state index in [4.69, 9.17) is 16.0 Å². The molecule has 0 spiro atoms. The number of halogens is 2. The van der Waals surface area contributed by atoms with Crippen LogP contribution in [0.5, 0.6) is 0 Å². The minimum absolute atomic E-state index is 0.117. The van der Waals surface area contributed by atoms with Crippen molar-refractivity contribution in [1.29, 1.82) is 0 Å². The molecule has 0 saturated heterocycles. The first-order valence-electron chi connectivity index (χ1n) is 5.94. The van der Waals surface area contributed by atoms with Gasteiger partial charge in [-0.05, 0) is 32.9 Å². The van der Waals surface area contributed by atoms with Gasteiger partial charge in [0.25, 0.3) is 0 Å². The molecule has 0 aliphatic carbocycles. The minimum atomic E-state index is -1.17. The monoisotopic (exact) mass is 269 g/mol. The highest BCUT2D eigenvalue weighted by Crippen LogP contribution is 2.30. The Morgan fingerprint density at radius 1 is 1.39 bits per heavy atom. The molecule has 1 unspecified atom stereocenters. The maximum Gasteiger partial charge on any atom is 0.170 e. The Hall–Kier alpha value is -1.06. The number of furan rings is 1. The van der Waals surface area contributed by atoms with Crippen LogP contribution in [-0.4, -0.2) is 12.1 Å². The fraction of sp³-hybridized carbons (Fsp3) is 0.429. The Bertz CT molecular complexity index is 544. The van der Waals surface area contributed by atoms with Crippen LogP contribution in [0.25, 0.3) is 11.0 Å². The largest absolute Gasteiger partial charge is 0.456 e. The van der Waals surface area contributed by atoms with Crippen molar-refractivity contribution in [3.63, 3.8) is 0 Å². The van der Waals surface area contributed by atoms with Crippen LogP contribution >= 0.6 is 11.6 Å². The third kappa shape index (κ3) is 3.03. The van der Waals surface area contributed by atoms with Gasteiger partial charge < -0.3 is 9.73 Å². The van der Waals surface area contributed by atoms with Crippen LogP contribution in [0.2, 0.25) is 5.02 Å². The summed E-state index contributed by atoms with van der Waals surface area (Å²) in [6.45, 7) is 6.21. The van der Waals surface area contributed by atoms with Crippen molar-refractivity contribution < 1.29 is 8.81 Å². The van der Waals surface area contributed by atoms with E-state index in [0.29, 0.717) is 16.4 Å². The molecular weight excluding hydrogens is 253 g/mol. The van der Waals surface area contributed by atoms with Gasteiger partial charge in [0.2, 0.25) is 0 Å². The Kier molecular flexibility index (Phi) is 3.64. The Morgan fingerprint density at radius 3 is 2.72 bits per heavy atom. The summed E-state index contributed by atoms with van der Waals surface area (Å²) in [7, 11) is 0. The van der Waals surface area contributed by atoms with Gasteiger partial charge in [-0.25, -0.2) is 4.39 Å². The second-order valence-corrected chi connectivity index (χ2v) is 5.81. The molecule has 2 rings (SSSR count). The molecule has 1 heterocycles. The first-order chi connectivity index (χ1) is 8.37. The van der Waals surface area contributed by atoms with E-state index in [9.17, 15) is 4.39 Å². The first-order valence-corrected chi connectivity index (χ1v) is 6.32. The van der Waals surface area contributed by atoms with Gasteiger partial charge >= 0.3 is 0 Å². The molecule has 0 saturated carbocycles. The topological polar surface area (TPSA) is 25.2 Å². The van der Waals surface area contributed by atoms with Gasteiger partial charge in [-0.15, -0.1) is 0 Å². The number of nitrogens with one attached hydrogen (secondary N) is 1. The summed E-state index contributed by atoms with van der Waals surface area (Å²) < 4.78 is 19.5. The van der Waals surface area contributed by atoms with Crippen molar-refractivity contribution in [3.8, 4) is 0 Å². The fourth-order valence-corrected chi connectivity index (χ4v) is 1.92. The molecule has 18 heavy (non-hydrogen) atoms. The summed E-state index contributed by atoms with van der Waals surface area (Å²) in [5.74, 6) is 0.315. The van der Waals surface area contributed by atoms with Crippen LogP contribution < -0.4 is 5.32 Å². The molecule has 0 bridgehead atoms. The van der Waals surface area contributed by atoms with E-state index in [1.54, 1.807) is 12.1 Å². The van der Waals surface area contributed by atoms with Crippen LogP contribution in [0.15, 0.2) is 28.7 Å². The van der Waals surface area contributed by atoms with E-state index in [0.717, 1.165) is 5.39 Å². The lowest BCUT2D eigenvalue weighted by atomic mass is 10.1. The highest BCUT2D eigenvalue weighted by atomic mass is 35.5. The zero-order valence-corrected chi connectivity index (χ0v) is 11.5. The number of hydrogen-bond donors (Lipinski definition) is 1. The summed E-state index contributed by atoms with van der Waals surface area (Å²) in [4.78, 5) is 0. The van der Waals surface area contributed by atoms with E-state index in [1.807, 2.05) is 32.9 Å². The first kappa shape index (κ1) is 13.4. The number of hydrogen-bond acceptors (Lipinski definition) is 2. The molecule has 1 aromatic heterocycles. The van der Waals surface area contributed by atoms with Gasteiger partial charge in [0.15, 0.2) is 11.8 Å². The number of para-hydroxylation sites is 1. The number of rotatable bonds is 3. The molecule has 2 aromatic rings. The molecule has 0 amide bonds. The molecule has 0 aliphatic heterocycles. The average molecular weight is 270 g/mol. The third-order valence-electron chi connectivity index (χ3n) is 2.64. The average Bonchev–Trinajstić information content (AvgIpc) is 2.70. The van der Waals surface area contributed by atoms with Crippen molar-refractivity contribution in [2.75, 3.05) is 6.54 Å². The van der Waals surface area contributed by atoms with E-state index < -0.39 is 6.17 Å². The van der Waals surface area contributed by atoms with E-state index in [1.165, 1.54) is 0 Å². The quantitative estimate of drug-likeness (QED) is 0.888. The minimum Gasteiger partial charge on any atom is -0.456 e. The van der Waals surface area contributed by atoms with Gasteiger partial charge in [0.05, 0.1) is 5.02 Å². The highest BCUT2D eigenvalue weighted by Gasteiger charge is 2.19. The molecule has 1 atom stereocenters. The van der Waals surface area contributed by atoms with Crippen LogP contribution in [0, 0.1) is 0 Å². The van der Waals surface area contributed by atoms with Crippen molar-refractivity contribution >= 4 is 22.6 Å². The molecule has 0 fully saturated rings. The zero-order valence-electron chi connectivity index (χ0n) is 10.8. The summed E-state index contributed by atoms with van der Waals surface area (Å²) in [5, 5.41) is 4.45. The van der Waals surface area contributed by atoms with Gasteiger partial charge in [-0.3, -0.25) is 0 Å². The maximum absolute atomic E-state index is 14.0. The molecule has 2 nitrogen and oxygen atoms in total. The Balaban J connectivity index is 2.18. The SMILES string of the molecule is CC(C)(C)NCC(F)c1cc2cccc(Cl)c2o1. The Labute approximate surface area is 111 Å². The summed E-state index contributed by atoms with van der Waals surface area (Å²) in [6, 6.07) is 7.12. The van der Waals surface area contributed by atoms with Crippen molar-refractivity contribution in [2.24, 2.45) is 0 Å². The summed E-state index contributed by atoms with van der Waals surface area (Å²) >= 11 is 5.99. The number of benzene rings is 1. The predicted octanol–water partition coefficient (Wildman–Crippen LogP) is 4.48. The van der Waals surface area contributed by atoms with Gasteiger partial charge in [0.1, 0.15) is 5.76 Å². The smallest absolute Gasteiger partial charge is 0.170 e. The normalized spacial score (nSPS) is 14.1.